The predicted molar refractivity (Wildman–Crippen MR) is 57.1 cm³/mol. The van der Waals surface area contributed by atoms with Crippen LogP contribution in [0.25, 0.3) is 0 Å². The van der Waals surface area contributed by atoms with E-state index in [1.807, 2.05) is 13.0 Å². The Morgan fingerprint density at radius 2 is 1.92 bits per heavy atom. The zero-order chi connectivity index (χ0) is 10.1. The molecule has 0 aliphatic carbocycles. The van der Waals surface area contributed by atoms with E-state index in [9.17, 15) is 0 Å². The van der Waals surface area contributed by atoms with Gasteiger partial charge in [-0.1, -0.05) is 32.4 Å². The van der Waals surface area contributed by atoms with Gasteiger partial charge in [0.2, 0.25) is 0 Å². The third-order valence-corrected chi connectivity index (χ3v) is 1.91. The fourth-order valence-corrected chi connectivity index (χ4v) is 1.68. The van der Waals surface area contributed by atoms with Crippen molar-refractivity contribution in [2.24, 2.45) is 5.41 Å². The summed E-state index contributed by atoms with van der Waals surface area (Å²) >= 11 is 5.87. The third-order valence-electron chi connectivity index (χ3n) is 1.72. The van der Waals surface area contributed by atoms with E-state index in [0.717, 1.165) is 12.1 Å². The summed E-state index contributed by atoms with van der Waals surface area (Å²) < 4.78 is 0. The molecule has 0 fully saturated rings. The molecule has 0 bridgehead atoms. The Kier molecular flexibility index (Phi) is 2.97. The van der Waals surface area contributed by atoms with Crippen molar-refractivity contribution in [1.29, 1.82) is 0 Å². The summed E-state index contributed by atoms with van der Waals surface area (Å²) in [5.74, 6) is 0. The summed E-state index contributed by atoms with van der Waals surface area (Å²) in [4.78, 5) is 4.13. The van der Waals surface area contributed by atoms with Gasteiger partial charge in [0.25, 0.3) is 0 Å². The second-order valence-corrected chi connectivity index (χ2v) is 5.06. The van der Waals surface area contributed by atoms with Gasteiger partial charge >= 0.3 is 0 Å². The first-order chi connectivity index (χ1) is 5.87. The van der Waals surface area contributed by atoms with Crippen LogP contribution < -0.4 is 0 Å². The average molecular weight is 198 g/mol. The Morgan fingerprint density at radius 1 is 1.31 bits per heavy atom. The number of nitrogens with zero attached hydrogens (tertiary/aromatic N) is 1. The average Bonchev–Trinajstić information content (AvgIpc) is 1.78. The molecule has 0 aliphatic rings. The van der Waals surface area contributed by atoms with Crippen LogP contribution >= 0.6 is 11.6 Å². The lowest BCUT2D eigenvalue weighted by Gasteiger charge is -2.18. The first-order valence-electron chi connectivity index (χ1n) is 4.50. The molecule has 1 heterocycles. The van der Waals surface area contributed by atoms with Gasteiger partial charge in [-0.25, -0.2) is 4.98 Å². The maximum Gasteiger partial charge on any atom is 0.129 e. The summed E-state index contributed by atoms with van der Waals surface area (Å²) in [6.45, 7) is 8.63. The minimum atomic E-state index is 0.303. The van der Waals surface area contributed by atoms with E-state index >= 15 is 0 Å². The molecule has 2 heteroatoms. The summed E-state index contributed by atoms with van der Waals surface area (Å²) in [7, 11) is 0. The zero-order valence-corrected chi connectivity index (χ0v) is 9.44. The minimum Gasteiger partial charge on any atom is -0.241 e. The molecule has 0 unspecified atom stereocenters. The first-order valence-corrected chi connectivity index (χ1v) is 4.88. The number of aryl methyl sites for hydroxylation is 1. The fraction of sp³-hybridized carbons (Fsp3) is 0.545. The molecule has 1 rings (SSSR count). The van der Waals surface area contributed by atoms with Crippen molar-refractivity contribution >= 4 is 11.6 Å². The molecular formula is C11H16ClN. The summed E-state index contributed by atoms with van der Waals surface area (Å²) in [5.41, 5.74) is 2.56. The van der Waals surface area contributed by atoms with Gasteiger partial charge < -0.3 is 0 Å². The number of aromatic nitrogens is 1. The molecule has 72 valence electrons. The second kappa shape index (κ2) is 3.67. The number of rotatable bonds is 1. The van der Waals surface area contributed by atoms with Crippen LogP contribution in [0.1, 0.15) is 32.0 Å². The largest absolute Gasteiger partial charge is 0.241 e. The molecule has 13 heavy (non-hydrogen) atoms. The van der Waals surface area contributed by atoms with Crippen molar-refractivity contribution in [1.82, 2.24) is 4.98 Å². The van der Waals surface area contributed by atoms with Crippen LogP contribution in [-0.2, 0) is 6.42 Å². The van der Waals surface area contributed by atoms with Crippen LogP contribution in [0.5, 0.6) is 0 Å². The fourth-order valence-electron chi connectivity index (χ4n) is 1.41. The van der Waals surface area contributed by atoms with Crippen LogP contribution in [0.4, 0.5) is 0 Å². The summed E-state index contributed by atoms with van der Waals surface area (Å²) in [6, 6.07) is 4.04. The zero-order valence-electron chi connectivity index (χ0n) is 8.69. The van der Waals surface area contributed by atoms with Gasteiger partial charge in [0, 0.05) is 5.69 Å². The van der Waals surface area contributed by atoms with E-state index < -0.39 is 0 Å². The summed E-state index contributed by atoms with van der Waals surface area (Å²) in [5, 5.41) is 0.597. The molecule has 1 aromatic heterocycles. The maximum atomic E-state index is 5.87. The molecule has 1 aromatic rings. The Bertz CT molecular complexity index is 279. The van der Waals surface area contributed by atoms with E-state index in [0.29, 0.717) is 10.6 Å². The Morgan fingerprint density at radius 3 is 2.38 bits per heavy atom. The topological polar surface area (TPSA) is 12.9 Å². The van der Waals surface area contributed by atoms with Crippen molar-refractivity contribution in [2.75, 3.05) is 0 Å². The van der Waals surface area contributed by atoms with Crippen molar-refractivity contribution in [3.05, 3.63) is 28.5 Å². The van der Waals surface area contributed by atoms with E-state index in [-0.39, 0.29) is 0 Å². The highest BCUT2D eigenvalue weighted by Crippen LogP contribution is 2.22. The molecule has 0 saturated heterocycles. The highest BCUT2D eigenvalue weighted by molar-refractivity contribution is 6.29. The lowest BCUT2D eigenvalue weighted by Crippen LogP contribution is -2.09. The molecule has 0 radical (unpaired) electrons. The van der Waals surface area contributed by atoms with Gasteiger partial charge in [-0.2, -0.15) is 0 Å². The molecule has 0 spiro atoms. The van der Waals surface area contributed by atoms with Crippen LogP contribution in [0.15, 0.2) is 12.1 Å². The highest BCUT2D eigenvalue weighted by Gasteiger charge is 2.11. The number of halogens is 1. The molecule has 0 amide bonds. The lowest BCUT2D eigenvalue weighted by molar-refractivity contribution is 0.411. The quantitative estimate of drug-likeness (QED) is 0.627. The summed E-state index contributed by atoms with van der Waals surface area (Å²) in [6.07, 6.45) is 1.04. The maximum absolute atomic E-state index is 5.87. The highest BCUT2D eigenvalue weighted by atomic mass is 35.5. The molecule has 0 aromatic carbocycles. The molecule has 0 saturated carbocycles. The van der Waals surface area contributed by atoms with Gasteiger partial charge in [0.05, 0.1) is 0 Å². The normalized spacial score (nSPS) is 11.8. The number of hydrogen-bond acceptors (Lipinski definition) is 1. The van der Waals surface area contributed by atoms with Crippen LogP contribution in [-0.4, -0.2) is 4.98 Å². The predicted octanol–water partition coefficient (Wildman–Crippen LogP) is 3.63. The van der Waals surface area contributed by atoms with Crippen LogP contribution in [0, 0.1) is 12.3 Å². The monoisotopic (exact) mass is 197 g/mol. The Labute approximate surface area is 85.1 Å². The van der Waals surface area contributed by atoms with Crippen molar-refractivity contribution in [2.45, 2.75) is 34.1 Å². The van der Waals surface area contributed by atoms with E-state index in [1.165, 1.54) is 5.56 Å². The van der Waals surface area contributed by atoms with E-state index in [1.54, 1.807) is 0 Å². The Hall–Kier alpha value is -0.560. The van der Waals surface area contributed by atoms with E-state index in [2.05, 4.69) is 31.8 Å². The minimum absolute atomic E-state index is 0.303. The van der Waals surface area contributed by atoms with Crippen molar-refractivity contribution in [3.63, 3.8) is 0 Å². The van der Waals surface area contributed by atoms with Gasteiger partial charge in [0.1, 0.15) is 5.15 Å². The van der Waals surface area contributed by atoms with Crippen molar-refractivity contribution in [3.8, 4) is 0 Å². The third kappa shape index (κ3) is 3.77. The van der Waals surface area contributed by atoms with Gasteiger partial charge in [-0.15, -0.1) is 0 Å². The van der Waals surface area contributed by atoms with Crippen LogP contribution in [0.3, 0.4) is 0 Å². The van der Waals surface area contributed by atoms with Gasteiger partial charge in [-0.3, -0.25) is 0 Å². The van der Waals surface area contributed by atoms with Gasteiger partial charge in [-0.05, 0) is 36.5 Å². The molecule has 0 aliphatic heterocycles. The van der Waals surface area contributed by atoms with Crippen molar-refractivity contribution < 1.29 is 0 Å². The number of pyridine rings is 1. The van der Waals surface area contributed by atoms with Gasteiger partial charge in [0.15, 0.2) is 0 Å². The van der Waals surface area contributed by atoms with Crippen LogP contribution in [0.2, 0.25) is 5.15 Å². The standard InChI is InChI=1S/C11H16ClN/c1-8-5-9(6-10(12)13-8)7-11(2,3)4/h5-6H,7H2,1-4H3. The first kappa shape index (κ1) is 10.5. The molecule has 1 nitrogen and oxygen atoms in total. The Balaban J connectivity index is 2.90. The second-order valence-electron chi connectivity index (χ2n) is 4.68. The lowest BCUT2D eigenvalue weighted by atomic mass is 9.88. The SMILES string of the molecule is Cc1cc(CC(C)(C)C)cc(Cl)n1. The smallest absolute Gasteiger partial charge is 0.129 e. The molecule has 0 atom stereocenters. The molecule has 0 N–H and O–H groups in total. The van der Waals surface area contributed by atoms with E-state index in [4.69, 9.17) is 11.6 Å². The number of hydrogen-bond donors (Lipinski definition) is 0. The molecular weight excluding hydrogens is 182 g/mol.